The lowest BCUT2D eigenvalue weighted by Gasteiger charge is -2.16. The summed E-state index contributed by atoms with van der Waals surface area (Å²) in [5.41, 5.74) is 4.69. The van der Waals surface area contributed by atoms with Crippen molar-refractivity contribution in [1.29, 1.82) is 0 Å². The molecule has 78 valence electrons. The minimum Gasteiger partial charge on any atom is -0.506 e. The first kappa shape index (κ1) is 11.1. The predicted octanol–water partition coefficient (Wildman–Crippen LogP) is 2.61. The maximum atomic E-state index is 12.1. The number of hydrogen-bond donors (Lipinski definition) is 2. The summed E-state index contributed by atoms with van der Waals surface area (Å²) in [5.74, 6) is -0.413. The Morgan fingerprint density at radius 2 is 1.93 bits per heavy atom. The molecule has 0 bridgehead atoms. The van der Waals surface area contributed by atoms with E-state index in [1.165, 1.54) is 0 Å². The SMILES string of the molecule is N[C@@H](c1ccc(Cl)c(O)c1)C(F)(F)F. The van der Waals surface area contributed by atoms with E-state index in [9.17, 15) is 13.2 Å². The van der Waals surface area contributed by atoms with E-state index in [1.54, 1.807) is 0 Å². The van der Waals surface area contributed by atoms with E-state index in [1.807, 2.05) is 0 Å². The molecule has 1 rings (SSSR count). The molecule has 0 unspecified atom stereocenters. The maximum absolute atomic E-state index is 12.1. The molecule has 1 atom stereocenters. The van der Waals surface area contributed by atoms with E-state index in [0.29, 0.717) is 0 Å². The van der Waals surface area contributed by atoms with Gasteiger partial charge in [-0.3, -0.25) is 0 Å². The Balaban J connectivity index is 3.03. The number of rotatable bonds is 1. The molecular formula is C8H7ClF3NO. The standard InChI is InChI=1S/C8H7ClF3NO/c9-5-2-1-4(3-6(5)14)7(13)8(10,11)12/h1-3,7,14H,13H2/t7-/m0/s1. The highest BCUT2D eigenvalue weighted by molar-refractivity contribution is 6.32. The monoisotopic (exact) mass is 225 g/mol. The summed E-state index contributed by atoms with van der Waals surface area (Å²) in [6, 6.07) is 1.09. The first-order valence-electron chi connectivity index (χ1n) is 3.63. The second-order valence-electron chi connectivity index (χ2n) is 2.73. The summed E-state index contributed by atoms with van der Waals surface area (Å²) in [6.07, 6.45) is -4.53. The molecule has 0 aliphatic heterocycles. The highest BCUT2D eigenvalue weighted by Gasteiger charge is 2.37. The van der Waals surface area contributed by atoms with E-state index in [2.05, 4.69) is 0 Å². The van der Waals surface area contributed by atoms with Crippen LogP contribution in [-0.4, -0.2) is 11.3 Å². The van der Waals surface area contributed by atoms with Crippen LogP contribution in [-0.2, 0) is 0 Å². The summed E-state index contributed by atoms with van der Waals surface area (Å²) in [4.78, 5) is 0. The van der Waals surface area contributed by atoms with Gasteiger partial charge in [-0.25, -0.2) is 0 Å². The Morgan fingerprint density at radius 3 is 2.36 bits per heavy atom. The topological polar surface area (TPSA) is 46.2 Å². The molecule has 1 aromatic rings. The van der Waals surface area contributed by atoms with Crippen molar-refractivity contribution in [1.82, 2.24) is 0 Å². The fraction of sp³-hybridized carbons (Fsp3) is 0.250. The van der Waals surface area contributed by atoms with Gasteiger partial charge in [0.1, 0.15) is 11.8 Å². The number of alkyl halides is 3. The average molecular weight is 226 g/mol. The molecule has 0 aliphatic rings. The highest BCUT2D eigenvalue weighted by Crippen LogP contribution is 2.33. The van der Waals surface area contributed by atoms with Gasteiger partial charge in [-0.1, -0.05) is 17.7 Å². The summed E-state index contributed by atoms with van der Waals surface area (Å²) in [6.45, 7) is 0. The molecule has 0 saturated carbocycles. The molecule has 14 heavy (non-hydrogen) atoms. The Kier molecular flexibility index (Phi) is 2.92. The van der Waals surface area contributed by atoms with Crippen LogP contribution in [0.5, 0.6) is 5.75 Å². The van der Waals surface area contributed by atoms with Crippen LogP contribution in [0.4, 0.5) is 13.2 Å². The number of benzene rings is 1. The Hall–Kier alpha value is -0.940. The third-order valence-corrected chi connectivity index (χ3v) is 2.00. The van der Waals surface area contributed by atoms with Crippen molar-refractivity contribution in [3.63, 3.8) is 0 Å². The van der Waals surface area contributed by atoms with Crippen molar-refractivity contribution in [2.24, 2.45) is 5.73 Å². The minimum absolute atomic E-state index is 0.0110. The number of aromatic hydroxyl groups is 1. The van der Waals surface area contributed by atoms with Crippen molar-refractivity contribution in [3.05, 3.63) is 28.8 Å². The maximum Gasteiger partial charge on any atom is 0.407 e. The highest BCUT2D eigenvalue weighted by atomic mass is 35.5. The molecule has 0 spiro atoms. The van der Waals surface area contributed by atoms with Gasteiger partial charge in [0.25, 0.3) is 0 Å². The normalized spacial score (nSPS) is 14.1. The molecule has 0 heterocycles. The molecule has 2 nitrogen and oxygen atoms in total. The van der Waals surface area contributed by atoms with Gasteiger partial charge in [0.2, 0.25) is 0 Å². The van der Waals surface area contributed by atoms with Crippen LogP contribution in [0.25, 0.3) is 0 Å². The van der Waals surface area contributed by atoms with Crippen LogP contribution in [0.1, 0.15) is 11.6 Å². The molecule has 0 amide bonds. The summed E-state index contributed by atoms with van der Waals surface area (Å²) in [5, 5.41) is 9.05. The lowest BCUT2D eigenvalue weighted by atomic mass is 10.1. The van der Waals surface area contributed by atoms with Gasteiger partial charge >= 0.3 is 6.18 Å². The van der Waals surface area contributed by atoms with Crippen LogP contribution in [0.3, 0.4) is 0 Å². The Morgan fingerprint density at radius 1 is 1.36 bits per heavy atom. The summed E-state index contributed by atoms with van der Waals surface area (Å²) >= 11 is 5.43. The summed E-state index contributed by atoms with van der Waals surface area (Å²) < 4.78 is 36.4. The number of halogens is 4. The van der Waals surface area contributed by atoms with Gasteiger partial charge in [-0.2, -0.15) is 13.2 Å². The van der Waals surface area contributed by atoms with E-state index < -0.39 is 18.0 Å². The van der Waals surface area contributed by atoms with Crippen molar-refractivity contribution in [3.8, 4) is 5.75 Å². The van der Waals surface area contributed by atoms with Crippen LogP contribution in [0.2, 0.25) is 5.02 Å². The number of phenolic OH excluding ortho intramolecular Hbond substituents is 1. The Labute approximate surface area is 83.1 Å². The average Bonchev–Trinajstić information content (AvgIpc) is 2.07. The lowest BCUT2D eigenvalue weighted by molar-refractivity contribution is -0.149. The van der Waals surface area contributed by atoms with Crippen LogP contribution >= 0.6 is 11.6 Å². The molecule has 0 aliphatic carbocycles. The van der Waals surface area contributed by atoms with Gasteiger partial charge in [0.15, 0.2) is 0 Å². The zero-order valence-corrected chi connectivity index (χ0v) is 7.60. The number of hydrogen-bond acceptors (Lipinski definition) is 2. The molecule has 3 N–H and O–H groups in total. The zero-order chi connectivity index (χ0) is 10.9. The molecule has 0 aromatic heterocycles. The van der Waals surface area contributed by atoms with Crippen molar-refractivity contribution in [2.45, 2.75) is 12.2 Å². The molecule has 0 radical (unpaired) electrons. The first-order valence-corrected chi connectivity index (χ1v) is 4.01. The third kappa shape index (κ3) is 2.30. The van der Waals surface area contributed by atoms with E-state index in [4.69, 9.17) is 22.4 Å². The fourth-order valence-corrected chi connectivity index (χ4v) is 1.03. The van der Waals surface area contributed by atoms with Crippen molar-refractivity contribution < 1.29 is 18.3 Å². The largest absolute Gasteiger partial charge is 0.506 e. The van der Waals surface area contributed by atoms with Crippen LogP contribution < -0.4 is 5.73 Å². The Bertz CT molecular complexity index is 340. The molecule has 1 aromatic carbocycles. The summed E-state index contributed by atoms with van der Waals surface area (Å²) in [7, 11) is 0. The van der Waals surface area contributed by atoms with Gasteiger partial charge in [-0.15, -0.1) is 0 Å². The minimum atomic E-state index is -4.53. The molecule has 6 heteroatoms. The van der Waals surface area contributed by atoms with E-state index >= 15 is 0 Å². The number of phenols is 1. The quantitative estimate of drug-likeness (QED) is 0.772. The molecule has 0 saturated heterocycles. The first-order chi connectivity index (χ1) is 6.32. The van der Waals surface area contributed by atoms with Crippen molar-refractivity contribution in [2.75, 3.05) is 0 Å². The van der Waals surface area contributed by atoms with Gasteiger partial charge in [0.05, 0.1) is 5.02 Å². The molecular weight excluding hydrogens is 219 g/mol. The zero-order valence-electron chi connectivity index (χ0n) is 6.85. The van der Waals surface area contributed by atoms with Gasteiger partial charge in [0, 0.05) is 0 Å². The predicted molar refractivity (Wildman–Crippen MR) is 46.1 cm³/mol. The third-order valence-electron chi connectivity index (χ3n) is 1.68. The van der Waals surface area contributed by atoms with E-state index in [-0.39, 0.29) is 10.6 Å². The lowest BCUT2D eigenvalue weighted by Crippen LogP contribution is -2.28. The van der Waals surface area contributed by atoms with Crippen LogP contribution in [0.15, 0.2) is 18.2 Å². The fourth-order valence-electron chi connectivity index (χ4n) is 0.912. The smallest absolute Gasteiger partial charge is 0.407 e. The molecule has 0 fully saturated rings. The second kappa shape index (κ2) is 3.67. The second-order valence-corrected chi connectivity index (χ2v) is 3.14. The van der Waals surface area contributed by atoms with E-state index in [0.717, 1.165) is 18.2 Å². The van der Waals surface area contributed by atoms with Crippen LogP contribution in [0, 0.1) is 0 Å². The van der Waals surface area contributed by atoms with Gasteiger partial charge in [-0.05, 0) is 17.7 Å². The number of nitrogens with two attached hydrogens (primary N) is 1. The van der Waals surface area contributed by atoms with Crippen molar-refractivity contribution >= 4 is 11.6 Å². The van der Waals surface area contributed by atoms with Gasteiger partial charge < -0.3 is 10.8 Å².